The SMILES string of the molecule is CCCC(CCO)CNCc1cc(C)sc1C. The number of aliphatic hydroxyl groups is 1. The minimum atomic E-state index is 0.308. The third-order valence-electron chi connectivity index (χ3n) is 3.13. The summed E-state index contributed by atoms with van der Waals surface area (Å²) in [7, 11) is 0. The van der Waals surface area contributed by atoms with E-state index in [0.29, 0.717) is 12.5 Å². The van der Waals surface area contributed by atoms with Gasteiger partial charge in [0.15, 0.2) is 0 Å². The molecule has 1 rings (SSSR count). The first-order valence-corrected chi connectivity index (χ1v) is 7.36. The number of rotatable bonds is 8. The van der Waals surface area contributed by atoms with Gasteiger partial charge < -0.3 is 10.4 Å². The fourth-order valence-corrected chi connectivity index (χ4v) is 3.16. The van der Waals surface area contributed by atoms with E-state index in [2.05, 4.69) is 32.2 Å². The largest absolute Gasteiger partial charge is 0.396 e. The highest BCUT2D eigenvalue weighted by atomic mass is 32.1. The van der Waals surface area contributed by atoms with Crippen molar-refractivity contribution in [1.82, 2.24) is 5.32 Å². The summed E-state index contributed by atoms with van der Waals surface area (Å²) in [5.41, 5.74) is 1.42. The maximum absolute atomic E-state index is 9.00. The molecule has 0 spiro atoms. The van der Waals surface area contributed by atoms with Gasteiger partial charge in [-0.25, -0.2) is 0 Å². The predicted molar refractivity (Wildman–Crippen MR) is 75.6 cm³/mol. The minimum absolute atomic E-state index is 0.308. The first-order chi connectivity index (χ1) is 8.17. The van der Waals surface area contributed by atoms with E-state index in [1.165, 1.54) is 28.2 Å². The Morgan fingerprint density at radius 2 is 2.12 bits per heavy atom. The third kappa shape index (κ3) is 5.19. The van der Waals surface area contributed by atoms with Crippen LogP contribution in [0, 0.1) is 19.8 Å². The number of aliphatic hydroxyl groups excluding tert-OH is 1. The number of nitrogens with one attached hydrogen (secondary N) is 1. The zero-order valence-electron chi connectivity index (χ0n) is 11.3. The molecule has 98 valence electrons. The van der Waals surface area contributed by atoms with Crippen LogP contribution in [0.15, 0.2) is 6.07 Å². The van der Waals surface area contributed by atoms with Crippen molar-refractivity contribution in [2.45, 2.75) is 46.6 Å². The zero-order chi connectivity index (χ0) is 12.7. The molecule has 0 aliphatic heterocycles. The summed E-state index contributed by atoms with van der Waals surface area (Å²) in [6.45, 7) is 8.84. The van der Waals surface area contributed by atoms with Gasteiger partial charge in [-0.15, -0.1) is 11.3 Å². The van der Waals surface area contributed by atoms with E-state index in [9.17, 15) is 0 Å². The maximum atomic E-state index is 9.00. The Balaban J connectivity index is 2.32. The first-order valence-electron chi connectivity index (χ1n) is 6.54. The third-order valence-corrected chi connectivity index (χ3v) is 4.13. The van der Waals surface area contributed by atoms with Crippen molar-refractivity contribution < 1.29 is 5.11 Å². The Morgan fingerprint density at radius 3 is 2.65 bits per heavy atom. The van der Waals surface area contributed by atoms with Crippen LogP contribution in [0.5, 0.6) is 0 Å². The van der Waals surface area contributed by atoms with Gasteiger partial charge in [-0.3, -0.25) is 0 Å². The average Bonchev–Trinajstić information content (AvgIpc) is 2.58. The van der Waals surface area contributed by atoms with Crippen molar-refractivity contribution in [3.8, 4) is 0 Å². The van der Waals surface area contributed by atoms with Crippen LogP contribution in [0.2, 0.25) is 0 Å². The van der Waals surface area contributed by atoms with Gasteiger partial charge >= 0.3 is 0 Å². The molecule has 0 aromatic carbocycles. The van der Waals surface area contributed by atoms with Crippen LogP contribution < -0.4 is 5.32 Å². The predicted octanol–water partition coefficient (Wildman–Crippen LogP) is 3.25. The fourth-order valence-electron chi connectivity index (χ4n) is 2.21. The first kappa shape index (κ1) is 14.7. The molecule has 1 heterocycles. The Labute approximate surface area is 109 Å². The molecule has 1 aromatic heterocycles. The Bertz CT molecular complexity index is 316. The molecular formula is C14H25NOS. The molecule has 0 amide bonds. The van der Waals surface area contributed by atoms with Gasteiger partial charge in [0.1, 0.15) is 0 Å². The molecule has 0 radical (unpaired) electrons. The Morgan fingerprint density at radius 1 is 1.35 bits per heavy atom. The monoisotopic (exact) mass is 255 g/mol. The lowest BCUT2D eigenvalue weighted by molar-refractivity contribution is 0.248. The van der Waals surface area contributed by atoms with Crippen LogP contribution in [0.4, 0.5) is 0 Å². The lowest BCUT2D eigenvalue weighted by Gasteiger charge is -2.15. The molecule has 0 fully saturated rings. The van der Waals surface area contributed by atoms with Gasteiger partial charge in [-0.2, -0.15) is 0 Å². The van der Waals surface area contributed by atoms with Crippen LogP contribution >= 0.6 is 11.3 Å². The van der Waals surface area contributed by atoms with E-state index in [4.69, 9.17) is 5.11 Å². The van der Waals surface area contributed by atoms with Crippen LogP contribution in [-0.2, 0) is 6.54 Å². The van der Waals surface area contributed by atoms with E-state index in [1.807, 2.05) is 11.3 Å². The van der Waals surface area contributed by atoms with Gasteiger partial charge in [0.05, 0.1) is 0 Å². The number of hydrogen-bond acceptors (Lipinski definition) is 3. The molecule has 1 aromatic rings. The van der Waals surface area contributed by atoms with Crippen molar-refractivity contribution in [2.24, 2.45) is 5.92 Å². The minimum Gasteiger partial charge on any atom is -0.396 e. The Kier molecular flexibility index (Phi) is 6.78. The van der Waals surface area contributed by atoms with Gasteiger partial charge in [0.2, 0.25) is 0 Å². The molecule has 0 aliphatic rings. The molecule has 1 atom stereocenters. The molecule has 1 unspecified atom stereocenters. The van der Waals surface area contributed by atoms with Crippen LogP contribution in [0.3, 0.4) is 0 Å². The van der Waals surface area contributed by atoms with Crippen LogP contribution in [0.1, 0.15) is 41.5 Å². The lowest BCUT2D eigenvalue weighted by atomic mass is 10.0. The van der Waals surface area contributed by atoms with E-state index in [0.717, 1.165) is 19.5 Å². The second kappa shape index (κ2) is 7.85. The van der Waals surface area contributed by atoms with Gasteiger partial charge in [-0.05, 0) is 50.8 Å². The standard InChI is InChI=1S/C14H25NOS/c1-4-5-13(6-7-16)9-15-10-14-8-11(2)17-12(14)3/h8,13,15-16H,4-7,9-10H2,1-3H3. The highest BCUT2D eigenvalue weighted by molar-refractivity contribution is 7.12. The molecule has 0 saturated carbocycles. The normalized spacial score (nSPS) is 12.9. The molecule has 0 saturated heterocycles. The van der Waals surface area contributed by atoms with Crippen molar-refractivity contribution >= 4 is 11.3 Å². The fraction of sp³-hybridized carbons (Fsp3) is 0.714. The molecule has 0 aliphatic carbocycles. The summed E-state index contributed by atoms with van der Waals surface area (Å²) in [5, 5.41) is 12.5. The molecule has 3 heteroatoms. The molecule has 2 N–H and O–H groups in total. The number of thiophene rings is 1. The summed E-state index contributed by atoms with van der Waals surface area (Å²) in [4.78, 5) is 2.81. The van der Waals surface area contributed by atoms with E-state index in [-0.39, 0.29) is 0 Å². The number of hydrogen-bond donors (Lipinski definition) is 2. The van der Waals surface area contributed by atoms with Gasteiger partial charge in [0.25, 0.3) is 0 Å². The van der Waals surface area contributed by atoms with Crippen molar-refractivity contribution in [2.75, 3.05) is 13.2 Å². The van der Waals surface area contributed by atoms with Gasteiger partial charge in [-0.1, -0.05) is 13.3 Å². The highest BCUT2D eigenvalue weighted by Gasteiger charge is 2.07. The van der Waals surface area contributed by atoms with Gasteiger partial charge in [0, 0.05) is 22.9 Å². The van der Waals surface area contributed by atoms with Crippen LogP contribution in [0.25, 0.3) is 0 Å². The highest BCUT2D eigenvalue weighted by Crippen LogP contribution is 2.20. The Hall–Kier alpha value is -0.380. The van der Waals surface area contributed by atoms with E-state index in [1.54, 1.807) is 0 Å². The second-order valence-corrected chi connectivity index (χ2v) is 6.20. The molecular weight excluding hydrogens is 230 g/mol. The molecule has 0 bridgehead atoms. The summed E-state index contributed by atoms with van der Waals surface area (Å²) < 4.78 is 0. The van der Waals surface area contributed by atoms with Crippen molar-refractivity contribution in [3.63, 3.8) is 0 Å². The summed E-state index contributed by atoms with van der Waals surface area (Å²) in [6, 6.07) is 2.27. The second-order valence-electron chi connectivity index (χ2n) is 4.74. The summed E-state index contributed by atoms with van der Waals surface area (Å²) in [5.74, 6) is 0.616. The summed E-state index contributed by atoms with van der Waals surface area (Å²) in [6.07, 6.45) is 3.32. The molecule has 2 nitrogen and oxygen atoms in total. The number of aryl methyl sites for hydroxylation is 2. The van der Waals surface area contributed by atoms with E-state index < -0.39 is 0 Å². The lowest BCUT2D eigenvalue weighted by Crippen LogP contribution is -2.23. The van der Waals surface area contributed by atoms with Crippen molar-refractivity contribution in [3.05, 3.63) is 21.4 Å². The van der Waals surface area contributed by atoms with Crippen LogP contribution in [-0.4, -0.2) is 18.3 Å². The zero-order valence-corrected chi connectivity index (χ0v) is 12.1. The topological polar surface area (TPSA) is 32.3 Å². The quantitative estimate of drug-likeness (QED) is 0.747. The maximum Gasteiger partial charge on any atom is 0.0434 e. The smallest absolute Gasteiger partial charge is 0.0434 e. The van der Waals surface area contributed by atoms with Crippen molar-refractivity contribution in [1.29, 1.82) is 0 Å². The van der Waals surface area contributed by atoms with E-state index >= 15 is 0 Å². The molecule has 17 heavy (non-hydrogen) atoms. The average molecular weight is 255 g/mol. The summed E-state index contributed by atoms with van der Waals surface area (Å²) >= 11 is 1.87.